The quantitative estimate of drug-likeness (QED) is 0.333. The zero-order valence-electron chi connectivity index (χ0n) is 21.7. The van der Waals surface area contributed by atoms with Crippen molar-refractivity contribution in [2.75, 3.05) is 19.3 Å². The molecule has 4 N–H and O–H groups in total. The second-order valence-corrected chi connectivity index (χ2v) is 8.79. The summed E-state index contributed by atoms with van der Waals surface area (Å²) < 4.78 is 39.5. The first-order valence-electron chi connectivity index (χ1n) is 12.2. The monoisotopic (exact) mass is 527 g/mol. The van der Waals surface area contributed by atoms with Crippen LogP contribution in [0.2, 0.25) is 0 Å². The molecule has 2 aromatic rings. The molecule has 1 aliphatic carbocycles. The average molecular weight is 528 g/mol. The maximum absolute atomic E-state index is 13.3. The number of nitrogens with one attached hydrogen (secondary N) is 1. The van der Waals surface area contributed by atoms with Crippen molar-refractivity contribution >= 4 is 18.5 Å². The van der Waals surface area contributed by atoms with E-state index in [1.54, 1.807) is 35.4 Å². The van der Waals surface area contributed by atoms with Gasteiger partial charge in [0.1, 0.15) is 24.0 Å². The summed E-state index contributed by atoms with van der Waals surface area (Å²) in [6.07, 6.45) is 0.725. The molecule has 36 heavy (non-hydrogen) atoms. The van der Waals surface area contributed by atoms with E-state index in [-0.39, 0.29) is 24.1 Å². The third-order valence-corrected chi connectivity index (χ3v) is 5.73. The molecule has 2 aliphatic rings. The maximum Gasteiger partial charge on any atom is 0.228 e. The molecule has 1 heterocycles. The second-order valence-electron chi connectivity index (χ2n) is 8.79. The predicted octanol–water partition coefficient (Wildman–Crippen LogP) is 4.79. The van der Waals surface area contributed by atoms with E-state index in [1.807, 2.05) is 33.8 Å². The first kappa shape index (κ1) is 32.0. The van der Waals surface area contributed by atoms with E-state index in [4.69, 9.17) is 5.73 Å². The second kappa shape index (κ2) is 15.2. The fourth-order valence-corrected chi connectivity index (χ4v) is 3.78. The molecule has 4 rings (SSSR count). The van der Waals surface area contributed by atoms with Crippen molar-refractivity contribution in [3.63, 3.8) is 0 Å². The number of nitrogens with two attached hydrogens (primary N) is 1. The van der Waals surface area contributed by atoms with Gasteiger partial charge < -0.3 is 15.7 Å². The van der Waals surface area contributed by atoms with Crippen molar-refractivity contribution in [3.8, 4) is 11.1 Å². The third kappa shape index (κ3) is 8.80. The molecule has 0 radical (unpaired) electrons. The summed E-state index contributed by atoms with van der Waals surface area (Å²) in [5, 5.41) is 13.0. The fourth-order valence-electron chi connectivity index (χ4n) is 3.78. The molecule has 1 amide bonds. The van der Waals surface area contributed by atoms with Gasteiger partial charge in [-0.1, -0.05) is 50.2 Å². The fraction of sp³-hybridized carbons (Fsp3) is 0.519. The van der Waals surface area contributed by atoms with Crippen molar-refractivity contribution in [1.29, 1.82) is 0 Å². The first-order chi connectivity index (χ1) is 17.1. The lowest BCUT2D eigenvalue weighted by atomic mass is 9.97. The smallest absolute Gasteiger partial charge is 0.228 e. The van der Waals surface area contributed by atoms with Crippen LogP contribution < -0.4 is 11.1 Å². The summed E-state index contributed by atoms with van der Waals surface area (Å²) in [5.41, 5.74) is 5.90. The number of aliphatic hydroxyl groups is 1. The largest absolute Gasteiger partial charge is 0.377 e. The topological polar surface area (TPSA) is 78.6 Å². The molecular formula is C27H40F3N3O2S. The Morgan fingerprint density at radius 1 is 1.11 bits per heavy atom. The van der Waals surface area contributed by atoms with E-state index < -0.39 is 35.5 Å². The standard InChI is InChI=1S/C12H8F2.C12H22FN3O2.C2H6.CH4S/c13-10-7-4-8-11(14)12(10)9-5-2-1-3-6-9;1-7(2)15-11(18)12(14)3-4-16(6-12)10(17)8-5-9(8)13;2*1-2/h1-8H;7-9,11,15,18H,3-6,14H2,1-2H3;1-2H3;2H,1H3/t;8-,9+,11?,12?;;/m.1../s1. The molecule has 202 valence electrons. The van der Waals surface area contributed by atoms with Gasteiger partial charge >= 0.3 is 0 Å². The number of thiol groups is 1. The van der Waals surface area contributed by atoms with Crippen LogP contribution in [0.25, 0.3) is 11.1 Å². The van der Waals surface area contributed by atoms with Gasteiger partial charge in [0.25, 0.3) is 0 Å². The predicted molar refractivity (Wildman–Crippen MR) is 143 cm³/mol. The zero-order chi connectivity index (χ0) is 27.5. The summed E-state index contributed by atoms with van der Waals surface area (Å²) in [6.45, 7) is 8.62. The van der Waals surface area contributed by atoms with Gasteiger partial charge in [-0.05, 0) is 50.6 Å². The van der Waals surface area contributed by atoms with Crippen molar-refractivity contribution in [1.82, 2.24) is 10.2 Å². The number of aliphatic hydroxyl groups excluding tert-OH is 1. The highest BCUT2D eigenvalue weighted by atomic mass is 32.1. The van der Waals surface area contributed by atoms with Crippen LogP contribution in [0.1, 0.15) is 40.5 Å². The van der Waals surface area contributed by atoms with Crippen molar-refractivity contribution in [3.05, 3.63) is 60.2 Å². The molecule has 1 saturated heterocycles. The van der Waals surface area contributed by atoms with Crippen LogP contribution in [0.15, 0.2) is 48.5 Å². The molecule has 1 saturated carbocycles. The number of carbonyl (C=O) groups excluding carboxylic acids is 1. The van der Waals surface area contributed by atoms with Crippen molar-refractivity contribution in [2.24, 2.45) is 11.7 Å². The highest BCUT2D eigenvalue weighted by Gasteiger charge is 2.50. The van der Waals surface area contributed by atoms with Crippen LogP contribution in [0.5, 0.6) is 0 Å². The van der Waals surface area contributed by atoms with Crippen molar-refractivity contribution < 1.29 is 23.1 Å². The number of carbonyl (C=O) groups is 1. The van der Waals surface area contributed by atoms with Gasteiger partial charge in [-0.3, -0.25) is 10.1 Å². The van der Waals surface area contributed by atoms with Gasteiger partial charge in [-0.2, -0.15) is 12.6 Å². The molecule has 2 aromatic carbocycles. The Bertz CT molecular complexity index is 915. The van der Waals surface area contributed by atoms with E-state index >= 15 is 0 Å². The molecule has 0 bridgehead atoms. The molecule has 9 heteroatoms. The summed E-state index contributed by atoms with van der Waals surface area (Å²) >= 11 is 3.53. The molecule has 0 aromatic heterocycles. The highest BCUT2D eigenvalue weighted by Crippen LogP contribution is 2.37. The number of alkyl halides is 1. The zero-order valence-corrected chi connectivity index (χ0v) is 22.6. The van der Waals surface area contributed by atoms with Crippen LogP contribution >= 0.6 is 12.6 Å². The lowest BCUT2D eigenvalue weighted by molar-refractivity contribution is -0.132. The summed E-state index contributed by atoms with van der Waals surface area (Å²) in [6, 6.07) is 12.7. The van der Waals surface area contributed by atoms with Crippen LogP contribution in [0, 0.1) is 17.6 Å². The summed E-state index contributed by atoms with van der Waals surface area (Å²) in [5.74, 6) is -1.69. The molecule has 2 fully saturated rings. The number of hydrogen-bond donors (Lipinski definition) is 4. The van der Waals surface area contributed by atoms with Crippen molar-refractivity contribution in [2.45, 2.75) is 64.5 Å². The first-order valence-corrected chi connectivity index (χ1v) is 13.1. The van der Waals surface area contributed by atoms with Crippen LogP contribution in [-0.2, 0) is 4.79 Å². The Balaban J connectivity index is 0.000000323. The molecule has 4 atom stereocenters. The van der Waals surface area contributed by atoms with E-state index in [0.717, 1.165) is 0 Å². The number of rotatable bonds is 5. The minimum absolute atomic E-state index is 0.0353. The summed E-state index contributed by atoms with van der Waals surface area (Å²) in [4.78, 5) is 13.5. The van der Waals surface area contributed by atoms with E-state index in [2.05, 4.69) is 17.9 Å². The van der Waals surface area contributed by atoms with Gasteiger partial charge in [0.05, 0.1) is 17.0 Å². The molecule has 1 aliphatic heterocycles. The molecule has 0 spiro atoms. The number of benzene rings is 2. The van der Waals surface area contributed by atoms with E-state index in [1.165, 1.54) is 18.2 Å². The number of hydrogen-bond acceptors (Lipinski definition) is 5. The Hall–Kier alpha value is -2.07. The van der Waals surface area contributed by atoms with Crippen LogP contribution in [0.3, 0.4) is 0 Å². The normalized spacial score (nSPS) is 22.8. The van der Waals surface area contributed by atoms with E-state index in [0.29, 0.717) is 24.9 Å². The molecule has 5 nitrogen and oxygen atoms in total. The Morgan fingerprint density at radius 3 is 2.11 bits per heavy atom. The number of nitrogens with zero attached hydrogens (tertiary/aromatic N) is 1. The minimum Gasteiger partial charge on any atom is -0.377 e. The van der Waals surface area contributed by atoms with Gasteiger partial charge in [-0.25, -0.2) is 13.2 Å². The third-order valence-electron chi connectivity index (χ3n) is 5.73. The average Bonchev–Trinajstić information content (AvgIpc) is 3.46. The highest BCUT2D eigenvalue weighted by molar-refractivity contribution is 7.79. The molecule has 2 unspecified atom stereocenters. The van der Waals surface area contributed by atoms with Gasteiger partial charge in [0.15, 0.2) is 0 Å². The maximum atomic E-state index is 13.3. The van der Waals surface area contributed by atoms with Crippen LogP contribution in [0.4, 0.5) is 13.2 Å². The van der Waals surface area contributed by atoms with Gasteiger partial charge in [0, 0.05) is 19.1 Å². The number of halogens is 3. The Kier molecular flexibility index (Phi) is 13.5. The lowest BCUT2D eigenvalue weighted by Crippen LogP contribution is -2.60. The lowest BCUT2D eigenvalue weighted by Gasteiger charge is -2.32. The Morgan fingerprint density at radius 2 is 1.64 bits per heavy atom. The SMILES string of the molecule is CC.CC(C)NC(O)C1(N)CCN(C(=O)[C@@H]2C[C@@H]2F)C1.CS.Fc1cccc(F)c1-c1ccccc1. The van der Waals surface area contributed by atoms with E-state index in [9.17, 15) is 23.1 Å². The van der Waals surface area contributed by atoms with Gasteiger partial charge in [0.2, 0.25) is 5.91 Å². The minimum atomic E-state index is -0.982. The summed E-state index contributed by atoms with van der Waals surface area (Å²) in [7, 11) is 0. The molecular weight excluding hydrogens is 487 g/mol. The number of amides is 1. The number of likely N-dealkylation sites (tertiary alicyclic amines) is 1. The van der Waals surface area contributed by atoms with Crippen LogP contribution in [-0.4, -0.2) is 59.2 Å². The Labute approximate surface area is 218 Å². The van der Waals surface area contributed by atoms with Gasteiger partial charge in [-0.15, -0.1) is 0 Å².